The van der Waals surface area contributed by atoms with Crippen LogP contribution in [0.15, 0.2) is 24.3 Å². The highest BCUT2D eigenvalue weighted by Gasteiger charge is 2.44. The van der Waals surface area contributed by atoms with Gasteiger partial charge in [-0.2, -0.15) is 0 Å². The van der Waals surface area contributed by atoms with E-state index in [1.54, 1.807) is 12.0 Å². The standard InChI is InChI=1S/C20H28N2/c1-2-4-19-18(3-1)20(14-21-19)7-9-22(10-8-20)17-12-15-5-6-16(11-15)13-17/h1-4,15-17,21H,5-14H2. The molecule has 1 spiro atoms. The summed E-state index contributed by atoms with van der Waals surface area (Å²) in [6.45, 7) is 3.80. The molecule has 118 valence electrons. The van der Waals surface area contributed by atoms with Crippen molar-refractivity contribution in [1.82, 2.24) is 4.90 Å². The summed E-state index contributed by atoms with van der Waals surface area (Å²) in [7, 11) is 0. The second kappa shape index (κ2) is 4.99. The number of nitrogens with one attached hydrogen (secondary N) is 1. The molecule has 1 aromatic carbocycles. The van der Waals surface area contributed by atoms with E-state index in [1.165, 1.54) is 57.3 Å². The van der Waals surface area contributed by atoms with Gasteiger partial charge < -0.3 is 10.2 Å². The predicted octanol–water partition coefficient (Wildman–Crippen LogP) is 4.02. The summed E-state index contributed by atoms with van der Waals surface area (Å²) in [6.07, 6.45) is 10.3. The van der Waals surface area contributed by atoms with Crippen molar-refractivity contribution in [3.05, 3.63) is 29.8 Å². The number of benzene rings is 1. The number of fused-ring (bicyclic) bond motifs is 4. The van der Waals surface area contributed by atoms with Crippen LogP contribution >= 0.6 is 0 Å². The number of anilines is 1. The average Bonchev–Trinajstić information content (AvgIpc) is 3.09. The lowest BCUT2D eigenvalue weighted by molar-refractivity contribution is 0.0796. The van der Waals surface area contributed by atoms with Gasteiger partial charge in [-0.1, -0.05) is 31.0 Å². The van der Waals surface area contributed by atoms with Gasteiger partial charge in [-0.3, -0.25) is 0 Å². The SMILES string of the molecule is c1ccc2c(c1)NCC21CCN(C2CC3CCC(C3)C2)CC1. The third kappa shape index (κ3) is 2.03. The van der Waals surface area contributed by atoms with Crippen molar-refractivity contribution in [1.29, 1.82) is 0 Å². The summed E-state index contributed by atoms with van der Waals surface area (Å²) in [5, 5.41) is 3.66. The van der Waals surface area contributed by atoms with Crippen molar-refractivity contribution in [3.8, 4) is 0 Å². The first-order valence-electron chi connectivity index (χ1n) is 9.40. The summed E-state index contributed by atoms with van der Waals surface area (Å²) < 4.78 is 0. The highest BCUT2D eigenvalue weighted by Crippen LogP contribution is 2.47. The van der Waals surface area contributed by atoms with Crippen LogP contribution in [-0.4, -0.2) is 30.6 Å². The normalized spacial score (nSPS) is 36.3. The predicted molar refractivity (Wildman–Crippen MR) is 91.3 cm³/mol. The van der Waals surface area contributed by atoms with Gasteiger partial charge in [-0.05, 0) is 68.7 Å². The molecule has 0 radical (unpaired) electrons. The van der Waals surface area contributed by atoms with Crippen LogP contribution in [0.1, 0.15) is 50.5 Å². The van der Waals surface area contributed by atoms with E-state index < -0.39 is 0 Å². The molecule has 0 aromatic heterocycles. The van der Waals surface area contributed by atoms with Crippen molar-refractivity contribution < 1.29 is 0 Å². The molecule has 2 saturated carbocycles. The Morgan fingerprint density at radius 1 is 0.955 bits per heavy atom. The van der Waals surface area contributed by atoms with E-state index in [-0.39, 0.29) is 0 Å². The molecular weight excluding hydrogens is 268 g/mol. The molecule has 5 rings (SSSR count). The fraction of sp³-hybridized carbons (Fsp3) is 0.700. The van der Waals surface area contributed by atoms with Crippen LogP contribution < -0.4 is 5.32 Å². The van der Waals surface area contributed by atoms with Crippen LogP contribution in [0.3, 0.4) is 0 Å². The quantitative estimate of drug-likeness (QED) is 0.842. The lowest BCUT2D eigenvalue weighted by atomic mass is 9.73. The largest absolute Gasteiger partial charge is 0.384 e. The van der Waals surface area contributed by atoms with Crippen molar-refractivity contribution in [3.63, 3.8) is 0 Å². The zero-order valence-electron chi connectivity index (χ0n) is 13.6. The number of nitrogens with zero attached hydrogens (tertiary/aromatic N) is 1. The number of hydrogen-bond donors (Lipinski definition) is 1. The molecule has 2 heteroatoms. The van der Waals surface area contributed by atoms with Gasteiger partial charge in [-0.15, -0.1) is 0 Å². The topological polar surface area (TPSA) is 15.3 Å². The lowest BCUT2D eigenvalue weighted by Gasteiger charge is -2.45. The molecule has 2 heterocycles. The third-order valence-electron chi connectivity index (χ3n) is 7.25. The molecule has 2 bridgehead atoms. The lowest BCUT2D eigenvalue weighted by Crippen LogP contribution is -2.49. The third-order valence-corrected chi connectivity index (χ3v) is 7.25. The Balaban J connectivity index is 1.30. The molecular formula is C20H28N2. The fourth-order valence-corrected chi connectivity index (χ4v) is 5.99. The fourth-order valence-electron chi connectivity index (χ4n) is 5.99. The Bertz CT molecular complexity index is 547. The van der Waals surface area contributed by atoms with Gasteiger partial charge in [-0.25, -0.2) is 0 Å². The summed E-state index contributed by atoms with van der Waals surface area (Å²) >= 11 is 0. The van der Waals surface area contributed by atoms with Crippen LogP contribution in [0.25, 0.3) is 0 Å². The first-order valence-corrected chi connectivity index (χ1v) is 9.40. The minimum Gasteiger partial charge on any atom is -0.384 e. The average molecular weight is 296 g/mol. The Labute approximate surface area is 134 Å². The van der Waals surface area contributed by atoms with Gasteiger partial charge in [0, 0.05) is 23.7 Å². The van der Waals surface area contributed by atoms with Gasteiger partial charge in [0.2, 0.25) is 0 Å². The summed E-state index contributed by atoms with van der Waals surface area (Å²) in [4.78, 5) is 2.86. The molecule has 1 aromatic rings. The highest BCUT2D eigenvalue weighted by atomic mass is 15.2. The Morgan fingerprint density at radius 2 is 1.68 bits per heavy atom. The van der Waals surface area contributed by atoms with E-state index in [9.17, 15) is 0 Å². The van der Waals surface area contributed by atoms with Gasteiger partial charge in [0.15, 0.2) is 0 Å². The van der Waals surface area contributed by atoms with Crippen molar-refractivity contribution in [2.45, 2.75) is 56.4 Å². The molecule has 1 N–H and O–H groups in total. The Morgan fingerprint density at radius 3 is 2.45 bits per heavy atom. The zero-order valence-corrected chi connectivity index (χ0v) is 13.6. The van der Waals surface area contributed by atoms with Crippen LogP contribution in [0, 0.1) is 11.8 Å². The molecule has 4 aliphatic rings. The first kappa shape index (κ1) is 13.4. The number of hydrogen-bond acceptors (Lipinski definition) is 2. The maximum Gasteiger partial charge on any atom is 0.0379 e. The second-order valence-corrected chi connectivity index (χ2v) is 8.39. The van der Waals surface area contributed by atoms with Crippen LogP contribution in [0.2, 0.25) is 0 Å². The summed E-state index contributed by atoms with van der Waals surface area (Å²) in [5.41, 5.74) is 3.42. The molecule has 2 aliphatic carbocycles. The van der Waals surface area contributed by atoms with Gasteiger partial charge in [0.1, 0.15) is 0 Å². The van der Waals surface area contributed by atoms with Crippen molar-refractivity contribution in [2.75, 3.05) is 25.0 Å². The van der Waals surface area contributed by atoms with E-state index in [0.29, 0.717) is 5.41 Å². The minimum absolute atomic E-state index is 0.431. The molecule has 0 amide bonds. The van der Waals surface area contributed by atoms with E-state index in [4.69, 9.17) is 0 Å². The number of para-hydroxylation sites is 1. The van der Waals surface area contributed by atoms with Gasteiger partial charge >= 0.3 is 0 Å². The molecule has 3 fully saturated rings. The second-order valence-electron chi connectivity index (χ2n) is 8.39. The number of rotatable bonds is 1. The van der Waals surface area contributed by atoms with Crippen LogP contribution in [0.4, 0.5) is 5.69 Å². The van der Waals surface area contributed by atoms with Crippen molar-refractivity contribution >= 4 is 5.69 Å². The van der Waals surface area contributed by atoms with Crippen molar-refractivity contribution in [2.24, 2.45) is 11.8 Å². The number of piperidine rings is 1. The zero-order chi connectivity index (χ0) is 14.6. The maximum absolute atomic E-state index is 3.66. The molecule has 22 heavy (non-hydrogen) atoms. The molecule has 2 atom stereocenters. The molecule has 2 aliphatic heterocycles. The minimum atomic E-state index is 0.431. The van der Waals surface area contributed by atoms with Gasteiger partial charge in [0.25, 0.3) is 0 Å². The van der Waals surface area contributed by atoms with E-state index >= 15 is 0 Å². The van der Waals surface area contributed by atoms with E-state index in [0.717, 1.165) is 24.4 Å². The van der Waals surface area contributed by atoms with E-state index in [1.807, 2.05) is 0 Å². The maximum atomic E-state index is 3.66. The summed E-state index contributed by atoms with van der Waals surface area (Å²) in [5.74, 6) is 2.13. The smallest absolute Gasteiger partial charge is 0.0379 e. The first-order chi connectivity index (χ1) is 10.8. The monoisotopic (exact) mass is 296 g/mol. The highest BCUT2D eigenvalue weighted by molar-refractivity contribution is 5.60. The molecule has 1 saturated heterocycles. The summed E-state index contributed by atoms with van der Waals surface area (Å²) in [6, 6.07) is 9.92. The van der Waals surface area contributed by atoms with E-state index in [2.05, 4.69) is 34.5 Å². The number of likely N-dealkylation sites (tertiary alicyclic amines) is 1. The Hall–Kier alpha value is -1.02. The molecule has 2 unspecified atom stereocenters. The van der Waals surface area contributed by atoms with Gasteiger partial charge in [0.05, 0.1) is 0 Å². The molecule has 2 nitrogen and oxygen atoms in total. The Kier molecular flexibility index (Phi) is 3.04. The van der Waals surface area contributed by atoms with Crippen LogP contribution in [0.5, 0.6) is 0 Å². The van der Waals surface area contributed by atoms with Crippen LogP contribution in [-0.2, 0) is 5.41 Å².